The van der Waals surface area contributed by atoms with Gasteiger partial charge in [0, 0.05) is 18.1 Å². The third kappa shape index (κ3) is 3.27. The van der Waals surface area contributed by atoms with Gasteiger partial charge in [0.15, 0.2) is 0 Å². The number of benzene rings is 1. The highest BCUT2D eigenvalue weighted by atomic mass is 35.5. The van der Waals surface area contributed by atoms with Crippen LogP contribution in [0.4, 0.5) is 0 Å². The predicted molar refractivity (Wildman–Crippen MR) is 82.6 cm³/mol. The van der Waals surface area contributed by atoms with Gasteiger partial charge < -0.3 is 9.64 Å². The molecule has 0 amide bonds. The first-order chi connectivity index (χ1) is 9.72. The van der Waals surface area contributed by atoms with Gasteiger partial charge in [-0.3, -0.25) is 4.90 Å². The minimum atomic E-state index is 0.308. The summed E-state index contributed by atoms with van der Waals surface area (Å²) in [4.78, 5) is 4.98. The van der Waals surface area contributed by atoms with Crippen LogP contribution in [0.2, 0.25) is 5.02 Å². The summed E-state index contributed by atoms with van der Waals surface area (Å²) in [6.07, 6.45) is 4.39. The monoisotopic (exact) mass is 294 g/mol. The molecule has 2 aliphatic heterocycles. The number of hydrogen-bond donors (Lipinski definition) is 0. The summed E-state index contributed by atoms with van der Waals surface area (Å²) in [5.74, 6) is 0.927. The summed E-state index contributed by atoms with van der Waals surface area (Å²) in [6, 6.07) is 8.21. The molecular weight excluding hydrogens is 272 g/mol. The molecule has 2 fully saturated rings. The Labute approximate surface area is 126 Å². The molecule has 2 heterocycles. The van der Waals surface area contributed by atoms with Crippen molar-refractivity contribution in [1.82, 2.24) is 9.80 Å². The Morgan fingerprint density at radius 3 is 2.50 bits per heavy atom. The fourth-order valence-corrected chi connectivity index (χ4v) is 3.28. The second kappa shape index (κ2) is 6.33. The first-order valence-electron chi connectivity index (χ1n) is 7.57. The molecule has 0 unspecified atom stereocenters. The van der Waals surface area contributed by atoms with E-state index in [1.165, 1.54) is 32.4 Å². The summed E-state index contributed by atoms with van der Waals surface area (Å²) >= 11 is 5.91. The number of ether oxygens (including phenoxy) is 1. The van der Waals surface area contributed by atoms with E-state index in [0.29, 0.717) is 12.1 Å². The van der Waals surface area contributed by atoms with E-state index < -0.39 is 0 Å². The maximum atomic E-state index is 6.10. The zero-order valence-corrected chi connectivity index (χ0v) is 12.9. The number of likely N-dealkylation sites (N-methyl/N-ethyl adjacent to an activating group) is 1. The maximum absolute atomic E-state index is 6.10. The van der Waals surface area contributed by atoms with Crippen LogP contribution >= 0.6 is 11.6 Å². The van der Waals surface area contributed by atoms with Crippen LogP contribution in [0.1, 0.15) is 19.3 Å². The number of halogens is 1. The Bertz CT molecular complexity index is 431. The number of hydrogen-bond acceptors (Lipinski definition) is 3. The summed E-state index contributed by atoms with van der Waals surface area (Å²) in [5, 5.41) is 0.757. The van der Waals surface area contributed by atoms with Gasteiger partial charge >= 0.3 is 0 Å². The zero-order chi connectivity index (χ0) is 13.9. The van der Waals surface area contributed by atoms with Crippen molar-refractivity contribution in [2.45, 2.75) is 31.4 Å². The molecule has 0 N–H and O–H groups in total. The van der Waals surface area contributed by atoms with Crippen molar-refractivity contribution in [3.8, 4) is 5.75 Å². The van der Waals surface area contributed by atoms with E-state index in [2.05, 4.69) is 16.8 Å². The lowest BCUT2D eigenvalue weighted by molar-refractivity contribution is -0.0450. The predicted octanol–water partition coefficient (Wildman–Crippen LogP) is 2.89. The van der Waals surface area contributed by atoms with Gasteiger partial charge in [-0.05, 0) is 57.2 Å². The largest absolute Gasteiger partial charge is 0.487 e. The molecule has 0 saturated carbocycles. The van der Waals surface area contributed by atoms with Crippen molar-refractivity contribution >= 4 is 11.6 Å². The zero-order valence-electron chi connectivity index (χ0n) is 12.1. The molecule has 0 aromatic heterocycles. The molecule has 3 nitrogen and oxygen atoms in total. The molecule has 4 heteroatoms. The Hall–Kier alpha value is -0.770. The SMILES string of the molecule is CN1C[C@@H](Oc2ccc(Cl)cc2)[C@H]1CN1CCCCC1. The fraction of sp³-hybridized carbons (Fsp3) is 0.625. The third-order valence-electron chi connectivity index (χ3n) is 4.46. The average Bonchev–Trinajstić information content (AvgIpc) is 2.48. The molecule has 0 radical (unpaired) electrons. The van der Waals surface area contributed by atoms with Gasteiger partial charge in [0.2, 0.25) is 0 Å². The normalized spacial score (nSPS) is 28.1. The summed E-state index contributed by atoms with van der Waals surface area (Å²) in [6.45, 7) is 4.64. The van der Waals surface area contributed by atoms with E-state index in [0.717, 1.165) is 23.9 Å². The standard InChI is InChI=1S/C16H23ClN2O/c1-18-12-16(20-14-7-5-13(17)6-8-14)15(18)11-19-9-3-2-4-10-19/h5-8,15-16H,2-4,9-12H2,1H3/t15-,16-/m1/s1. The molecule has 2 saturated heterocycles. The minimum Gasteiger partial charge on any atom is -0.487 e. The summed E-state index contributed by atoms with van der Waals surface area (Å²) in [5.41, 5.74) is 0. The van der Waals surface area contributed by atoms with Crippen LogP contribution in [-0.2, 0) is 0 Å². The Kier molecular flexibility index (Phi) is 4.49. The highest BCUT2D eigenvalue weighted by molar-refractivity contribution is 6.30. The number of piperidine rings is 1. The van der Waals surface area contributed by atoms with E-state index in [9.17, 15) is 0 Å². The fourth-order valence-electron chi connectivity index (χ4n) is 3.15. The Balaban J connectivity index is 1.55. The van der Waals surface area contributed by atoms with Crippen molar-refractivity contribution < 1.29 is 4.74 Å². The molecule has 20 heavy (non-hydrogen) atoms. The Morgan fingerprint density at radius 1 is 1.15 bits per heavy atom. The number of nitrogens with zero attached hydrogens (tertiary/aromatic N) is 2. The smallest absolute Gasteiger partial charge is 0.128 e. The van der Waals surface area contributed by atoms with Crippen molar-refractivity contribution in [3.63, 3.8) is 0 Å². The quantitative estimate of drug-likeness (QED) is 0.849. The Morgan fingerprint density at radius 2 is 1.85 bits per heavy atom. The highest BCUT2D eigenvalue weighted by Gasteiger charge is 2.39. The van der Waals surface area contributed by atoms with Gasteiger partial charge in [-0.25, -0.2) is 0 Å². The van der Waals surface area contributed by atoms with Crippen molar-refractivity contribution in [3.05, 3.63) is 29.3 Å². The first kappa shape index (κ1) is 14.2. The van der Waals surface area contributed by atoms with Crippen molar-refractivity contribution in [2.24, 2.45) is 0 Å². The molecule has 1 aromatic carbocycles. The second-order valence-electron chi connectivity index (χ2n) is 5.98. The van der Waals surface area contributed by atoms with Gasteiger partial charge in [0.25, 0.3) is 0 Å². The van der Waals surface area contributed by atoms with Gasteiger partial charge in [-0.2, -0.15) is 0 Å². The molecule has 0 bridgehead atoms. The third-order valence-corrected chi connectivity index (χ3v) is 4.71. The molecule has 2 aliphatic rings. The topological polar surface area (TPSA) is 15.7 Å². The minimum absolute atomic E-state index is 0.308. The van der Waals surface area contributed by atoms with Crippen LogP contribution in [0.5, 0.6) is 5.75 Å². The number of likely N-dealkylation sites (tertiary alicyclic amines) is 2. The molecule has 3 rings (SSSR count). The highest BCUT2D eigenvalue weighted by Crippen LogP contribution is 2.25. The molecule has 2 atom stereocenters. The van der Waals surface area contributed by atoms with Crippen molar-refractivity contribution in [1.29, 1.82) is 0 Å². The van der Waals surface area contributed by atoms with Gasteiger partial charge in [-0.15, -0.1) is 0 Å². The van der Waals surface area contributed by atoms with Gasteiger partial charge in [0.05, 0.1) is 6.04 Å². The van der Waals surface area contributed by atoms with Crippen LogP contribution in [0, 0.1) is 0 Å². The van der Waals surface area contributed by atoms with E-state index >= 15 is 0 Å². The van der Waals surface area contributed by atoms with E-state index in [-0.39, 0.29) is 0 Å². The van der Waals surface area contributed by atoms with Crippen molar-refractivity contribution in [2.75, 3.05) is 33.2 Å². The molecule has 1 aromatic rings. The van der Waals surface area contributed by atoms with Gasteiger partial charge in [0.1, 0.15) is 11.9 Å². The van der Waals surface area contributed by atoms with Crippen LogP contribution in [0.3, 0.4) is 0 Å². The van der Waals surface area contributed by atoms with Crippen LogP contribution in [0.15, 0.2) is 24.3 Å². The lowest BCUT2D eigenvalue weighted by Crippen LogP contribution is -2.64. The van der Waals surface area contributed by atoms with Crippen LogP contribution in [-0.4, -0.2) is 55.2 Å². The maximum Gasteiger partial charge on any atom is 0.128 e. The average molecular weight is 295 g/mol. The first-order valence-corrected chi connectivity index (χ1v) is 7.95. The molecule has 0 aliphatic carbocycles. The van der Waals surface area contributed by atoms with Gasteiger partial charge in [-0.1, -0.05) is 18.0 Å². The summed E-state index contributed by atoms with van der Waals surface area (Å²) in [7, 11) is 2.19. The number of rotatable bonds is 4. The van der Waals surface area contributed by atoms with E-state index in [1.807, 2.05) is 24.3 Å². The molecular formula is C16H23ClN2O. The van der Waals surface area contributed by atoms with Crippen LogP contribution in [0.25, 0.3) is 0 Å². The van der Waals surface area contributed by atoms with Crippen LogP contribution < -0.4 is 4.74 Å². The lowest BCUT2D eigenvalue weighted by Gasteiger charge is -2.47. The summed E-state index contributed by atoms with van der Waals surface area (Å²) < 4.78 is 6.10. The lowest BCUT2D eigenvalue weighted by atomic mass is 9.98. The second-order valence-corrected chi connectivity index (χ2v) is 6.41. The van der Waals surface area contributed by atoms with E-state index in [4.69, 9.17) is 16.3 Å². The molecule has 110 valence electrons. The molecule has 0 spiro atoms. The van der Waals surface area contributed by atoms with E-state index in [1.54, 1.807) is 0 Å².